The maximum absolute atomic E-state index is 8.01. The lowest BCUT2D eigenvalue weighted by Gasteiger charge is -2.36. The summed E-state index contributed by atoms with van der Waals surface area (Å²) in [6.07, 6.45) is 4.94. The molecule has 2 rings (SSSR count). The maximum Gasteiger partial charge on any atom is 0.0989 e. The molecule has 0 radical (unpaired) electrons. The van der Waals surface area contributed by atoms with Crippen LogP contribution in [0, 0.1) is 11.3 Å². The van der Waals surface area contributed by atoms with Crippen LogP contribution in [0.4, 0.5) is 0 Å². The van der Waals surface area contributed by atoms with E-state index in [1.807, 2.05) is 0 Å². The van der Waals surface area contributed by atoms with Crippen molar-refractivity contribution < 1.29 is 0 Å². The molecule has 2 aliphatic rings. The van der Waals surface area contributed by atoms with Crippen molar-refractivity contribution in [1.82, 2.24) is 9.80 Å². The molecule has 0 spiro atoms. The Morgan fingerprint density at radius 1 is 1.21 bits per heavy atom. The highest BCUT2D eigenvalue weighted by Crippen LogP contribution is 2.32. The smallest absolute Gasteiger partial charge is 0.0989 e. The molecule has 1 saturated carbocycles. The Morgan fingerprint density at radius 2 is 1.79 bits per heavy atom. The Hall–Kier alpha value is -0.570. The first-order valence-corrected chi connectivity index (χ1v) is 5.68. The van der Waals surface area contributed by atoms with E-state index in [1.54, 1.807) is 0 Å². The van der Waals surface area contributed by atoms with E-state index in [-0.39, 0.29) is 0 Å². The van der Waals surface area contributed by atoms with Gasteiger partial charge in [-0.05, 0) is 45.8 Å². The van der Waals surface area contributed by atoms with Crippen molar-refractivity contribution in [2.75, 3.05) is 27.2 Å². The maximum atomic E-state index is 8.01. The van der Waals surface area contributed by atoms with Crippen molar-refractivity contribution in [3.8, 4) is 0 Å². The summed E-state index contributed by atoms with van der Waals surface area (Å²) < 4.78 is 0. The Labute approximate surface area is 86.6 Å². The van der Waals surface area contributed by atoms with Crippen LogP contribution in [0.1, 0.15) is 25.7 Å². The minimum atomic E-state index is 0.597. The summed E-state index contributed by atoms with van der Waals surface area (Å²) in [4.78, 5) is 4.61. The van der Waals surface area contributed by atoms with E-state index in [9.17, 15) is 0 Å². The number of piperidine rings is 1. The molecule has 3 heteroatoms. The summed E-state index contributed by atoms with van der Waals surface area (Å²) in [6.45, 7) is 2.37. The van der Waals surface area contributed by atoms with E-state index >= 15 is 0 Å². The van der Waals surface area contributed by atoms with Gasteiger partial charge >= 0.3 is 0 Å². The van der Waals surface area contributed by atoms with E-state index in [1.165, 1.54) is 38.8 Å². The molecule has 0 atom stereocenters. The van der Waals surface area contributed by atoms with Gasteiger partial charge in [-0.1, -0.05) is 0 Å². The number of nitrogens with one attached hydrogen (secondary N) is 1. The van der Waals surface area contributed by atoms with Crippen molar-refractivity contribution in [2.45, 2.75) is 31.7 Å². The number of hydrogen-bond acceptors (Lipinski definition) is 2. The zero-order chi connectivity index (χ0) is 10.1. The van der Waals surface area contributed by atoms with Gasteiger partial charge in [-0.2, -0.15) is 0 Å². The summed E-state index contributed by atoms with van der Waals surface area (Å²) >= 11 is 0. The van der Waals surface area contributed by atoms with Crippen LogP contribution in [-0.2, 0) is 0 Å². The molecule has 1 heterocycles. The van der Waals surface area contributed by atoms with Crippen molar-refractivity contribution in [3.05, 3.63) is 0 Å². The fraction of sp³-hybridized carbons (Fsp3) is 0.909. The van der Waals surface area contributed by atoms with Crippen LogP contribution in [0.2, 0.25) is 0 Å². The quantitative estimate of drug-likeness (QED) is 0.533. The molecule has 1 saturated heterocycles. The molecule has 0 aromatic heterocycles. The standard InChI is InChI=1S/C11H21N3/c1-13-7-5-10(6-8-13)14(2)11(12)9-3-4-9/h9-10,12H,3-8H2,1-2H3. The molecule has 14 heavy (non-hydrogen) atoms. The van der Waals surface area contributed by atoms with E-state index in [0.717, 1.165) is 5.84 Å². The zero-order valence-corrected chi connectivity index (χ0v) is 9.29. The van der Waals surface area contributed by atoms with Crippen LogP contribution < -0.4 is 0 Å². The SMILES string of the molecule is CN1CCC(N(C)C(=N)C2CC2)CC1. The summed E-state index contributed by atoms with van der Waals surface area (Å²) in [5.41, 5.74) is 0. The topological polar surface area (TPSA) is 30.3 Å². The Balaban J connectivity index is 1.84. The summed E-state index contributed by atoms with van der Waals surface area (Å²) in [5, 5.41) is 8.01. The minimum absolute atomic E-state index is 0.597. The molecule has 0 aromatic carbocycles. The van der Waals surface area contributed by atoms with Gasteiger partial charge in [-0.15, -0.1) is 0 Å². The van der Waals surface area contributed by atoms with Gasteiger partial charge in [0.1, 0.15) is 0 Å². The highest BCUT2D eigenvalue weighted by atomic mass is 15.2. The third-order valence-electron chi connectivity index (χ3n) is 3.58. The molecule has 3 nitrogen and oxygen atoms in total. The number of likely N-dealkylation sites (tertiary alicyclic amines) is 1. The molecule has 80 valence electrons. The lowest BCUT2D eigenvalue weighted by atomic mass is 10.0. The van der Waals surface area contributed by atoms with Crippen molar-refractivity contribution >= 4 is 5.84 Å². The van der Waals surface area contributed by atoms with Crippen LogP contribution in [-0.4, -0.2) is 48.9 Å². The van der Waals surface area contributed by atoms with E-state index in [4.69, 9.17) is 5.41 Å². The predicted octanol–water partition coefficient (Wildman–Crippen LogP) is 1.40. The average molecular weight is 195 g/mol. The fourth-order valence-corrected chi connectivity index (χ4v) is 2.22. The molecule has 1 aliphatic carbocycles. The van der Waals surface area contributed by atoms with Crippen molar-refractivity contribution in [2.24, 2.45) is 5.92 Å². The fourth-order valence-electron chi connectivity index (χ4n) is 2.22. The normalized spacial score (nSPS) is 25.0. The number of hydrogen-bond donors (Lipinski definition) is 1. The molecular formula is C11H21N3. The highest BCUT2D eigenvalue weighted by Gasteiger charge is 2.32. The molecule has 1 N–H and O–H groups in total. The van der Waals surface area contributed by atoms with Gasteiger partial charge < -0.3 is 9.80 Å². The molecule has 0 bridgehead atoms. The van der Waals surface area contributed by atoms with Gasteiger partial charge in [0.15, 0.2) is 0 Å². The van der Waals surface area contributed by atoms with Crippen LogP contribution in [0.15, 0.2) is 0 Å². The number of nitrogens with zero attached hydrogens (tertiary/aromatic N) is 2. The summed E-state index contributed by atoms with van der Waals surface area (Å²) in [7, 11) is 4.29. The van der Waals surface area contributed by atoms with Crippen molar-refractivity contribution in [1.29, 1.82) is 5.41 Å². The summed E-state index contributed by atoms with van der Waals surface area (Å²) in [6, 6.07) is 0.624. The second-order valence-electron chi connectivity index (χ2n) is 4.80. The van der Waals surface area contributed by atoms with Gasteiger partial charge in [0.2, 0.25) is 0 Å². The monoisotopic (exact) mass is 195 g/mol. The van der Waals surface area contributed by atoms with Crippen LogP contribution in [0.5, 0.6) is 0 Å². The van der Waals surface area contributed by atoms with E-state index in [2.05, 4.69) is 23.9 Å². The zero-order valence-electron chi connectivity index (χ0n) is 9.29. The van der Waals surface area contributed by atoms with Crippen molar-refractivity contribution in [3.63, 3.8) is 0 Å². The van der Waals surface area contributed by atoms with E-state index in [0.29, 0.717) is 12.0 Å². The molecule has 0 amide bonds. The lowest BCUT2D eigenvalue weighted by molar-refractivity contribution is 0.189. The van der Waals surface area contributed by atoms with Gasteiger partial charge in [0, 0.05) is 19.0 Å². The highest BCUT2D eigenvalue weighted by molar-refractivity contribution is 5.83. The minimum Gasteiger partial charge on any atom is -0.360 e. The predicted molar refractivity (Wildman–Crippen MR) is 58.7 cm³/mol. The third kappa shape index (κ3) is 2.08. The molecule has 2 fully saturated rings. The third-order valence-corrected chi connectivity index (χ3v) is 3.58. The molecule has 0 unspecified atom stereocenters. The Kier molecular flexibility index (Phi) is 2.77. The second kappa shape index (κ2) is 3.89. The Morgan fingerprint density at radius 3 is 2.29 bits per heavy atom. The second-order valence-corrected chi connectivity index (χ2v) is 4.80. The van der Waals surface area contributed by atoms with Gasteiger partial charge in [0.25, 0.3) is 0 Å². The van der Waals surface area contributed by atoms with Gasteiger partial charge in [0.05, 0.1) is 5.84 Å². The first-order valence-electron chi connectivity index (χ1n) is 5.68. The number of rotatable bonds is 2. The van der Waals surface area contributed by atoms with Crippen LogP contribution in [0.3, 0.4) is 0 Å². The lowest BCUT2D eigenvalue weighted by Crippen LogP contribution is -2.44. The van der Waals surface area contributed by atoms with Crippen LogP contribution >= 0.6 is 0 Å². The van der Waals surface area contributed by atoms with Gasteiger partial charge in [-0.3, -0.25) is 5.41 Å². The largest absolute Gasteiger partial charge is 0.360 e. The average Bonchev–Trinajstić information content (AvgIpc) is 3.00. The number of amidine groups is 1. The molecular weight excluding hydrogens is 174 g/mol. The first-order chi connectivity index (χ1) is 6.68. The first kappa shape index (κ1) is 9.97. The van der Waals surface area contributed by atoms with Crippen LogP contribution in [0.25, 0.3) is 0 Å². The summed E-state index contributed by atoms with van der Waals surface area (Å²) in [5.74, 6) is 1.49. The molecule has 0 aromatic rings. The molecule has 1 aliphatic heterocycles. The Bertz CT molecular complexity index is 215. The van der Waals surface area contributed by atoms with Gasteiger partial charge in [-0.25, -0.2) is 0 Å². The van der Waals surface area contributed by atoms with E-state index < -0.39 is 0 Å².